The molecule has 2 heterocycles. The summed E-state index contributed by atoms with van der Waals surface area (Å²) in [6.45, 7) is 1.58. The normalized spacial score (nSPS) is 16.8. The number of amides is 2. The van der Waals surface area contributed by atoms with Crippen molar-refractivity contribution >= 4 is 40.5 Å². The van der Waals surface area contributed by atoms with E-state index >= 15 is 0 Å². The van der Waals surface area contributed by atoms with Gasteiger partial charge in [-0.05, 0) is 30.9 Å². The van der Waals surface area contributed by atoms with E-state index in [9.17, 15) is 9.59 Å². The Bertz CT molecular complexity index is 739. The molecule has 0 saturated carbocycles. The average Bonchev–Trinajstić information content (AvgIpc) is 3.06. The Morgan fingerprint density at radius 1 is 1.46 bits per heavy atom. The maximum atomic E-state index is 12.0. The Morgan fingerprint density at radius 3 is 2.88 bits per heavy atom. The van der Waals surface area contributed by atoms with Crippen molar-refractivity contribution in [3.8, 4) is 0 Å². The predicted octanol–water partition coefficient (Wildman–Crippen LogP) is 1.29. The molecule has 1 atom stereocenters. The number of benzene rings is 1. The minimum atomic E-state index is -0.483. The van der Waals surface area contributed by atoms with Gasteiger partial charge in [-0.3, -0.25) is 14.7 Å². The Kier molecular flexibility index (Phi) is 4.89. The molecule has 3 rings (SSSR count). The SMILES string of the molecule is CNC(=O)C(NC=O)C1CCN(c2cc(Cl)cc3[nH]ncc23)CC1. The van der Waals surface area contributed by atoms with Crippen molar-refractivity contribution in [3.05, 3.63) is 23.4 Å². The maximum absolute atomic E-state index is 12.0. The van der Waals surface area contributed by atoms with Crippen LogP contribution in [0.4, 0.5) is 5.69 Å². The number of likely N-dealkylation sites (N-methyl/N-ethyl adjacent to an activating group) is 1. The number of nitrogens with zero attached hydrogens (tertiary/aromatic N) is 2. The van der Waals surface area contributed by atoms with E-state index in [0.29, 0.717) is 11.4 Å². The lowest BCUT2D eigenvalue weighted by molar-refractivity contribution is -0.126. The fourth-order valence-electron chi connectivity index (χ4n) is 3.39. The van der Waals surface area contributed by atoms with Gasteiger partial charge in [0.2, 0.25) is 12.3 Å². The van der Waals surface area contributed by atoms with Crippen LogP contribution in [0.5, 0.6) is 0 Å². The van der Waals surface area contributed by atoms with Gasteiger partial charge in [-0.1, -0.05) is 11.6 Å². The van der Waals surface area contributed by atoms with Crippen LogP contribution in [0.1, 0.15) is 12.8 Å². The second-order valence-corrected chi connectivity index (χ2v) is 6.39. The van der Waals surface area contributed by atoms with E-state index in [0.717, 1.165) is 42.5 Å². The van der Waals surface area contributed by atoms with Gasteiger partial charge < -0.3 is 15.5 Å². The number of nitrogens with one attached hydrogen (secondary N) is 3. The molecule has 24 heavy (non-hydrogen) atoms. The molecule has 8 heteroatoms. The molecule has 1 unspecified atom stereocenters. The summed E-state index contributed by atoms with van der Waals surface area (Å²) in [6, 6.07) is 3.32. The van der Waals surface area contributed by atoms with Crippen molar-refractivity contribution in [2.75, 3.05) is 25.0 Å². The minimum absolute atomic E-state index is 0.116. The van der Waals surface area contributed by atoms with Crippen LogP contribution in [-0.2, 0) is 9.59 Å². The van der Waals surface area contributed by atoms with Crippen LogP contribution < -0.4 is 15.5 Å². The van der Waals surface area contributed by atoms with Gasteiger partial charge >= 0.3 is 0 Å². The van der Waals surface area contributed by atoms with Crippen LogP contribution in [0.3, 0.4) is 0 Å². The van der Waals surface area contributed by atoms with Gasteiger partial charge in [0.05, 0.1) is 11.7 Å². The summed E-state index contributed by atoms with van der Waals surface area (Å²) < 4.78 is 0. The molecule has 1 aromatic heterocycles. The van der Waals surface area contributed by atoms with E-state index < -0.39 is 6.04 Å². The number of aromatic nitrogens is 2. The van der Waals surface area contributed by atoms with Crippen LogP contribution in [0.15, 0.2) is 18.3 Å². The number of carbonyl (C=O) groups is 2. The largest absolute Gasteiger partial charge is 0.371 e. The molecule has 1 aliphatic rings. The molecular formula is C16H20ClN5O2. The standard InChI is InChI=1S/C16H20ClN5O2/c1-18-16(24)15(19-9-23)10-2-4-22(5-3-10)14-7-11(17)6-13-12(14)8-20-21-13/h6-10,15H,2-5H2,1H3,(H,18,24)(H,19,23)(H,20,21). The van der Waals surface area contributed by atoms with E-state index in [4.69, 9.17) is 11.6 Å². The van der Waals surface area contributed by atoms with Gasteiger partial charge in [0.25, 0.3) is 0 Å². The van der Waals surface area contributed by atoms with Crippen LogP contribution in [-0.4, -0.2) is 48.7 Å². The van der Waals surface area contributed by atoms with Gasteiger partial charge in [0.1, 0.15) is 6.04 Å². The molecule has 1 saturated heterocycles. The lowest BCUT2D eigenvalue weighted by Gasteiger charge is -2.36. The molecule has 2 amide bonds. The first-order valence-electron chi connectivity index (χ1n) is 7.93. The maximum Gasteiger partial charge on any atom is 0.242 e. The number of halogens is 1. The molecule has 2 aromatic rings. The Morgan fingerprint density at radius 2 is 2.21 bits per heavy atom. The monoisotopic (exact) mass is 349 g/mol. The van der Waals surface area contributed by atoms with Gasteiger partial charge in [0, 0.05) is 36.2 Å². The summed E-state index contributed by atoms with van der Waals surface area (Å²) >= 11 is 6.20. The summed E-state index contributed by atoms with van der Waals surface area (Å²) in [4.78, 5) is 25.0. The van der Waals surface area contributed by atoms with Crippen molar-refractivity contribution in [1.82, 2.24) is 20.8 Å². The van der Waals surface area contributed by atoms with Crippen LogP contribution >= 0.6 is 11.6 Å². The molecule has 0 spiro atoms. The third-order valence-electron chi connectivity index (χ3n) is 4.63. The number of hydrogen-bond acceptors (Lipinski definition) is 4. The van der Waals surface area contributed by atoms with Crippen molar-refractivity contribution in [1.29, 1.82) is 0 Å². The van der Waals surface area contributed by atoms with Gasteiger partial charge in [-0.15, -0.1) is 0 Å². The van der Waals surface area contributed by atoms with Crippen molar-refractivity contribution in [3.63, 3.8) is 0 Å². The Hall–Kier alpha value is -2.28. The summed E-state index contributed by atoms with van der Waals surface area (Å²) in [5.74, 6) is -0.0362. The van der Waals surface area contributed by atoms with Crippen LogP contribution in [0, 0.1) is 5.92 Å². The summed E-state index contributed by atoms with van der Waals surface area (Å²) in [6.07, 6.45) is 4.02. The van der Waals surface area contributed by atoms with E-state index in [2.05, 4.69) is 25.7 Å². The first-order chi connectivity index (χ1) is 11.6. The van der Waals surface area contributed by atoms with Gasteiger partial charge in [-0.2, -0.15) is 5.10 Å². The highest BCUT2D eigenvalue weighted by Crippen LogP contribution is 2.33. The summed E-state index contributed by atoms with van der Waals surface area (Å²) in [5, 5.41) is 14.0. The second kappa shape index (κ2) is 7.09. The third-order valence-corrected chi connectivity index (χ3v) is 4.85. The predicted molar refractivity (Wildman–Crippen MR) is 93.1 cm³/mol. The van der Waals surface area contributed by atoms with Crippen molar-refractivity contribution < 1.29 is 9.59 Å². The number of piperidine rings is 1. The minimum Gasteiger partial charge on any atom is -0.371 e. The Labute approximate surface area is 144 Å². The molecule has 1 aromatic carbocycles. The number of fused-ring (bicyclic) bond motifs is 1. The number of aromatic amines is 1. The lowest BCUT2D eigenvalue weighted by Crippen LogP contribution is -2.50. The molecule has 128 valence electrons. The number of H-pyrrole nitrogens is 1. The molecule has 1 fully saturated rings. The van der Waals surface area contributed by atoms with E-state index in [-0.39, 0.29) is 11.8 Å². The summed E-state index contributed by atoms with van der Waals surface area (Å²) in [5.41, 5.74) is 1.95. The number of carbonyl (C=O) groups excluding carboxylic acids is 2. The first-order valence-corrected chi connectivity index (χ1v) is 8.30. The molecule has 0 bridgehead atoms. The topological polar surface area (TPSA) is 90.1 Å². The molecule has 1 aliphatic heterocycles. The quantitative estimate of drug-likeness (QED) is 0.710. The molecular weight excluding hydrogens is 330 g/mol. The van der Waals surface area contributed by atoms with Crippen molar-refractivity contribution in [2.24, 2.45) is 5.92 Å². The van der Waals surface area contributed by atoms with E-state index in [1.165, 1.54) is 0 Å². The first kappa shape index (κ1) is 16.6. The van der Waals surface area contributed by atoms with Crippen molar-refractivity contribution in [2.45, 2.75) is 18.9 Å². The zero-order valence-electron chi connectivity index (χ0n) is 13.4. The molecule has 0 radical (unpaired) electrons. The fraction of sp³-hybridized carbons (Fsp3) is 0.438. The van der Waals surface area contributed by atoms with E-state index in [1.807, 2.05) is 12.1 Å². The summed E-state index contributed by atoms with van der Waals surface area (Å²) in [7, 11) is 1.58. The second-order valence-electron chi connectivity index (χ2n) is 5.96. The van der Waals surface area contributed by atoms with Crippen LogP contribution in [0.2, 0.25) is 5.02 Å². The highest BCUT2D eigenvalue weighted by atomic mass is 35.5. The average molecular weight is 350 g/mol. The lowest BCUT2D eigenvalue weighted by atomic mass is 9.88. The van der Waals surface area contributed by atoms with Gasteiger partial charge in [0.15, 0.2) is 0 Å². The number of anilines is 1. The zero-order valence-corrected chi connectivity index (χ0v) is 14.1. The fourth-order valence-corrected chi connectivity index (χ4v) is 3.60. The Balaban J connectivity index is 1.75. The molecule has 0 aliphatic carbocycles. The smallest absolute Gasteiger partial charge is 0.242 e. The third kappa shape index (κ3) is 3.17. The zero-order chi connectivity index (χ0) is 17.1. The highest BCUT2D eigenvalue weighted by molar-refractivity contribution is 6.31. The number of hydrogen-bond donors (Lipinski definition) is 3. The molecule has 3 N–H and O–H groups in total. The van der Waals surface area contributed by atoms with Crippen LogP contribution in [0.25, 0.3) is 10.9 Å². The highest BCUT2D eigenvalue weighted by Gasteiger charge is 2.31. The molecule has 7 nitrogen and oxygen atoms in total. The number of rotatable bonds is 5. The van der Waals surface area contributed by atoms with Gasteiger partial charge in [-0.25, -0.2) is 0 Å². The van der Waals surface area contributed by atoms with E-state index in [1.54, 1.807) is 13.2 Å².